The molecule has 5 aliphatic rings. The van der Waals surface area contributed by atoms with Crippen LogP contribution in [0.15, 0.2) is 11.6 Å². The van der Waals surface area contributed by atoms with Crippen molar-refractivity contribution >= 4 is 0 Å². The summed E-state index contributed by atoms with van der Waals surface area (Å²) in [7, 11) is 0. The summed E-state index contributed by atoms with van der Waals surface area (Å²) in [6.07, 6.45) is 18.6. The molecule has 5 aliphatic carbocycles. The van der Waals surface area contributed by atoms with Crippen LogP contribution in [0, 0.1) is 50.2 Å². The molecule has 8 atom stereocenters. The van der Waals surface area contributed by atoms with Crippen molar-refractivity contribution in [2.45, 2.75) is 126 Å². The van der Waals surface area contributed by atoms with E-state index in [4.69, 9.17) is 0 Å². The lowest BCUT2D eigenvalue weighted by molar-refractivity contribution is -0.248. The van der Waals surface area contributed by atoms with E-state index >= 15 is 0 Å². The SMILES string of the molecule is CC1=CCC[C@@H]2[C@@]3(C)CC[C@@]4(C)[C@@H]5CC(C)(C)CC[C@]5(C)CC[C@@]4(C)[C@@H]3CC[C@]12C. The second-order valence-corrected chi connectivity index (χ2v) is 14.9. The van der Waals surface area contributed by atoms with Gasteiger partial charge >= 0.3 is 0 Å². The van der Waals surface area contributed by atoms with Crippen molar-refractivity contribution in [3.8, 4) is 0 Å². The third kappa shape index (κ3) is 2.52. The Balaban J connectivity index is 1.56. The van der Waals surface area contributed by atoms with Crippen LogP contribution >= 0.6 is 0 Å². The molecule has 0 bridgehead atoms. The van der Waals surface area contributed by atoms with Crippen molar-refractivity contribution in [1.29, 1.82) is 0 Å². The van der Waals surface area contributed by atoms with Crippen LogP contribution in [0.3, 0.4) is 0 Å². The summed E-state index contributed by atoms with van der Waals surface area (Å²) in [6, 6.07) is 0. The lowest BCUT2D eigenvalue weighted by Gasteiger charge is -2.74. The molecule has 5 rings (SSSR count). The van der Waals surface area contributed by atoms with Crippen molar-refractivity contribution in [1.82, 2.24) is 0 Å². The highest BCUT2D eigenvalue weighted by Crippen LogP contribution is 2.78. The first-order chi connectivity index (χ1) is 13.8. The van der Waals surface area contributed by atoms with Gasteiger partial charge in [-0.3, -0.25) is 0 Å². The monoisotopic (exact) mass is 410 g/mol. The molecular weight excluding hydrogens is 360 g/mol. The second-order valence-electron chi connectivity index (χ2n) is 14.9. The van der Waals surface area contributed by atoms with Crippen LogP contribution < -0.4 is 0 Å². The third-order valence-corrected chi connectivity index (χ3v) is 13.3. The average Bonchev–Trinajstić information content (AvgIpc) is 2.67. The van der Waals surface area contributed by atoms with E-state index in [1.165, 1.54) is 70.6 Å². The lowest BCUT2D eigenvalue weighted by Crippen LogP contribution is -2.66. The Hall–Kier alpha value is -0.260. The molecule has 0 aromatic rings. The zero-order valence-corrected chi connectivity index (χ0v) is 21.6. The summed E-state index contributed by atoms with van der Waals surface area (Å²) in [4.78, 5) is 0. The van der Waals surface area contributed by atoms with Gasteiger partial charge in [-0.1, -0.05) is 60.1 Å². The van der Waals surface area contributed by atoms with Crippen molar-refractivity contribution in [3.63, 3.8) is 0 Å². The summed E-state index contributed by atoms with van der Waals surface area (Å²) < 4.78 is 0. The Morgan fingerprint density at radius 1 is 0.667 bits per heavy atom. The molecule has 0 unspecified atom stereocenters. The molecule has 170 valence electrons. The van der Waals surface area contributed by atoms with E-state index in [0.717, 1.165) is 17.8 Å². The predicted molar refractivity (Wildman–Crippen MR) is 129 cm³/mol. The molecule has 0 N–H and O–H groups in total. The topological polar surface area (TPSA) is 0 Å². The molecule has 0 aromatic heterocycles. The molecule has 0 aliphatic heterocycles. The lowest BCUT2D eigenvalue weighted by atomic mass is 9.30. The molecular formula is C30H50. The van der Waals surface area contributed by atoms with Crippen molar-refractivity contribution in [2.75, 3.05) is 0 Å². The maximum atomic E-state index is 2.80. The first kappa shape index (κ1) is 21.6. The van der Waals surface area contributed by atoms with E-state index in [2.05, 4.69) is 61.5 Å². The van der Waals surface area contributed by atoms with Gasteiger partial charge in [0.1, 0.15) is 0 Å². The van der Waals surface area contributed by atoms with E-state index in [9.17, 15) is 0 Å². The maximum absolute atomic E-state index is 2.80. The fourth-order valence-electron chi connectivity index (χ4n) is 10.9. The van der Waals surface area contributed by atoms with Crippen molar-refractivity contribution in [2.24, 2.45) is 50.2 Å². The smallest absolute Gasteiger partial charge is 0.00854 e. The molecule has 30 heavy (non-hydrogen) atoms. The number of rotatable bonds is 0. The van der Waals surface area contributed by atoms with E-state index in [0.29, 0.717) is 32.5 Å². The van der Waals surface area contributed by atoms with Gasteiger partial charge in [-0.15, -0.1) is 0 Å². The van der Waals surface area contributed by atoms with Crippen LogP contribution in [-0.4, -0.2) is 0 Å². The Morgan fingerprint density at radius 3 is 2.03 bits per heavy atom. The Bertz CT molecular complexity index is 758. The Morgan fingerprint density at radius 2 is 1.30 bits per heavy atom. The summed E-state index contributed by atoms with van der Waals surface area (Å²) in [5.41, 5.74) is 4.97. The average molecular weight is 411 g/mol. The van der Waals surface area contributed by atoms with Gasteiger partial charge in [0.2, 0.25) is 0 Å². The quantitative estimate of drug-likeness (QED) is 0.349. The summed E-state index contributed by atoms with van der Waals surface area (Å²) >= 11 is 0. The van der Waals surface area contributed by atoms with Gasteiger partial charge < -0.3 is 0 Å². The molecule has 4 saturated carbocycles. The van der Waals surface area contributed by atoms with E-state index < -0.39 is 0 Å². The van der Waals surface area contributed by atoms with E-state index in [1.807, 2.05) is 0 Å². The Kier molecular flexibility index (Phi) is 4.46. The molecule has 4 fully saturated rings. The molecule has 0 aromatic carbocycles. The van der Waals surface area contributed by atoms with Crippen LogP contribution in [0.2, 0.25) is 0 Å². The van der Waals surface area contributed by atoms with Crippen LogP contribution in [0.25, 0.3) is 0 Å². The number of hydrogen-bond acceptors (Lipinski definition) is 0. The van der Waals surface area contributed by atoms with E-state index in [1.54, 1.807) is 5.57 Å². The molecule has 0 saturated heterocycles. The zero-order valence-electron chi connectivity index (χ0n) is 21.6. The molecule has 0 amide bonds. The third-order valence-electron chi connectivity index (χ3n) is 13.3. The van der Waals surface area contributed by atoms with Crippen LogP contribution in [0.5, 0.6) is 0 Å². The van der Waals surface area contributed by atoms with Crippen LogP contribution in [0.1, 0.15) is 126 Å². The first-order valence-corrected chi connectivity index (χ1v) is 13.5. The highest BCUT2D eigenvalue weighted by molar-refractivity contribution is 5.25. The largest absolute Gasteiger partial charge is 0.0850 e. The van der Waals surface area contributed by atoms with Gasteiger partial charge in [0, 0.05) is 0 Å². The molecule has 0 heteroatoms. The summed E-state index contributed by atoms with van der Waals surface area (Å²) in [5.74, 6) is 2.77. The minimum atomic E-state index is 0.476. The van der Waals surface area contributed by atoms with Crippen LogP contribution in [-0.2, 0) is 0 Å². The molecule has 0 nitrogen and oxygen atoms in total. The fourth-order valence-corrected chi connectivity index (χ4v) is 10.9. The maximum Gasteiger partial charge on any atom is -0.00854 e. The van der Waals surface area contributed by atoms with E-state index in [-0.39, 0.29) is 0 Å². The molecule has 0 spiro atoms. The summed E-state index contributed by atoms with van der Waals surface area (Å²) in [5, 5.41) is 0. The number of hydrogen-bond donors (Lipinski definition) is 0. The zero-order chi connectivity index (χ0) is 21.8. The summed E-state index contributed by atoms with van der Waals surface area (Å²) in [6.45, 7) is 21.3. The fraction of sp³-hybridized carbons (Fsp3) is 0.933. The minimum absolute atomic E-state index is 0.476. The van der Waals surface area contributed by atoms with Crippen LogP contribution in [0.4, 0.5) is 0 Å². The predicted octanol–water partition coefficient (Wildman–Crippen LogP) is 9.20. The first-order valence-electron chi connectivity index (χ1n) is 13.5. The molecule has 0 radical (unpaired) electrons. The highest BCUT2D eigenvalue weighted by atomic mass is 14.7. The molecule has 0 heterocycles. The number of allylic oxidation sites excluding steroid dienone is 2. The van der Waals surface area contributed by atoms with Gasteiger partial charge in [0.05, 0.1) is 0 Å². The second kappa shape index (κ2) is 6.20. The van der Waals surface area contributed by atoms with Gasteiger partial charge in [0.15, 0.2) is 0 Å². The standard InChI is InChI=1S/C30H50/c1-21-10-9-11-22-27(21,5)13-12-23-28(22,6)17-19-30(8)24-20-25(2,3)14-15-26(24,4)16-18-29(23,30)7/h10,22-24H,9,11-20H2,1-8H3/t22-,23+,24+,26+,27+,28+,29-,30-/m0/s1. The van der Waals surface area contributed by atoms with Crippen molar-refractivity contribution < 1.29 is 0 Å². The van der Waals surface area contributed by atoms with Gasteiger partial charge in [-0.2, -0.15) is 0 Å². The van der Waals surface area contributed by atoms with Gasteiger partial charge in [0.25, 0.3) is 0 Å². The Labute approximate surface area is 188 Å². The number of fused-ring (bicyclic) bond motifs is 7. The normalized spacial score (nSPS) is 57.3. The minimum Gasteiger partial charge on any atom is -0.0850 e. The highest BCUT2D eigenvalue weighted by Gasteiger charge is 2.70. The van der Waals surface area contributed by atoms with Crippen molar-refractivity contribution in [3.05, 3.63) is 11.6 Å². The van der Waals surface area contributed by atoms with Gasteiger partial charge in [-0.25, -0.2) is 0 Å². The van der Waals surface area contributed by atoms with Gasteiger partial charge in [-0.05, 0) is 128 Å².